The Bertz CT molecular complexity index is 1350. The van der Waals surface area contributed by atoms with Crippen LogP contribution in [0.2, 0.25) is 0 Å². The molecule has 5 atom stereocenters. The van der Waals surface area contributed by atoms with Crippen LogP contribution in [0, 0.1) is 5.82 Å². The lowest BCUT2D eigenvalue weighted by atomic mass is 10.0. The van der Waals surface area contributed by atoms with Gasteiger partial charge >= 0.3 is 0 Å². The lowest BCUT2D eigenvalue weighted by Gasteiger charge is -2.46. The number of likely N-dealkylation sites (N-methyl/N-ethyl adjacent to an activating group) is 1. The fraction of sp³-hybridized carbons (Fsp3) is 0.618. The molecule has 3 aliphatic heterocycles. The third-order valence-electron chi connectivity index (χ3n) is 9.18. The minimum Gasteiger partial charge on any atom is -0.474 e. The Labute approximate surface area is 272 Å². The second-order valence-corrected chi connectivity index (χ2v) is 13.4. The van der Waals surface area contributed by atoms with E-state index in [2.05, 4.69) is 41.2 Å². The molecular weight excluding hydrogens is 589 g/mol. The number of morpholine rings is 1. The molecule has 2 saturated heterocycles. The number of carbonyl (C=O) groups excluding carboxylic acids is 2. The summed E-state index contributed by atoms with van der Waals surface area (Å²) in [5, 5.41) is 6.57. The maximum atomic E-state index is 14.3. The van der Waals surface area contributed by atoms with E-state index in [9.17, 15) is 14.0 Å². The minimum absolute atomic E-state index is 0.0306. The van der Waals surface area contributed by atoms with Gasteiger partial charge < -0.3 is 29.9 Å². The molecule has 0 aliphatic carbocycles. The molecule has 1 aromatic carbocycles. The fourth-order valence-corrected chi connectivity index (χ4v) is 6.62. The van der Waals surface area contributed by atoms with Gasteiger partial charge in [0.05, 0.1) is 25.8 Å². The van der Waals surface area contributed by atoms with Crippen LogP contribution in [0.3, 0.4) is 0 Å². The van der Waals surface area contributed by atoms with Gasteiger partial charge in [-0.2, -0.15) is 0 Å². The number of anilines is 1. The Hall–Kier alpha value is -3.16. The van der Waals surface area contributed by atoms with Crippen LogP contribution in [0.4, 0.5) is 10.1 Å². The van der Waals surface area contributed by atoms with Gasteiger partial charge in [0.25, 0.3) is 5.91 Å². The number of fused-ring (bicyclic) bond motifs is 1. The van der Waals surface area contributed by atoms with Crippen molar-refractivity contribution < 1.29 is 23.5 Å². The Kier molecular flexibility index (Phi) is 11.3. The topological polar surface area (TPSA) is 103 Å². The molecule has 12 heteroatoms. The van der Waals surface area contributed by atoms with Crippen molar-refractivity contribution in [1.29, 1.82) is 0 Å². The number of piperazine rings is 1. The molecule has 0 spiro atoms. The number of aromatic nitrogens is 1. The van der Waals surface area contributed by atoms with Crippen molar-refractivity contribution in [3.8, 4) is 5.88 Å². The van der Waals surface area contributed by atoms with Gasteiger partial charge in [0, 0.05) is 56.9 Å². The van der Waals surface area contributed by atoms with E-state index in [4.69, 9.17) is 14.5 Å². The summed E-state index contributed by atoms with van der Waals surface area (Å²) in [7, 11) is 3.88. The third-order valence-corrected chi connectivity index (χ3v) is 9.18. The Morgan fingerprint density at radius 1 is 1.07 bits per heavy atom. The smallest absolute Gasteiger partial charge is 0.270 e. The molecule has 252 valence electrons. The third kappa shape index (κ3) is 8.21. The zero-order valence-corrected chi connectivity index (χ0v) is 28.1. The summed E-state index contributed by atoms with van der Waals surface area (Å²) in [6.45, 7) is 14.0. The first-order valence-electron chi connectivity index (χ1n) is 16.5. The zero-order valence-electron chi connectivity index (χ0n) is 28.1. The number of amides is 2. The molecule has 5 rings (SSSR count). The second-order valence-electron chi connectivity index (χ2n) is 13.4. The highest BCUT2D eigenvalue weighted by atomic mass is 19.1. The van der Waals surface area contributed by atoms with E-state index in [0.29, 0.717) is 56.1 Å². The second kappa shape index (κ2) is 15.2. The van der Waals surface area contributed by atoms with E-state index < -0.39 is 0 Å². The van der Waals surface area contributed by atoms with E-state index in [-0.39, 0.29) is 60.5 Å². The summed E-state index contributed by atoms with van der Waals surface area (Å²) in [5.74, 6) is -0.401. The summed E-state index contributed by atoms with van der Waals surface area (Å²) >= 11 is 0. The van der Waals surface area contributed by atoms with Crippen LogP contribution in [0.1, 0.15) is 49.3 Å². The first-order valence-corrected chi connectivity index (χ1v) is 16.5. The van der Waals surface area contributed by atoms with E-state index in [1.807, 2.05) is 32.0 Å². The van der Waals surface area contributed by atoms with Crippen LogP contribution < -0.4 is 20.3 Å². The van der Waals surface area contributed by atoms with Crippen LogP contribution in [-0.2, 0) is 16.0 Å². The molecule has 11 nitrogen and oxygen atoms in total. The van der Waals surface area contributed by atoms with Crippen molar-refractivity contribution in [3.05, 3.63) is 53.0 Å². The van der Waals surface area contributed by atoms with Gasteiger partial charge in [0.2, 0.25) is 11.8 Å². The number of ether oxygens (including phenoxy) is 2. The highest BCUT2D eigenvalue weighted by molar-refractivity contribution is 5.99. The Morgan fingerprint density at radius 2 is 1.78 bits per heavy atom. The summed E-state index contributed by atoms with van der Waals surface area (Å²) in [4.78, 5) is 40.9. The van der Waals surface area contributed by atoms with Gasteiger partial charge in [0.15, 0.2) is 0 Å². The van der Waals surface area contributed by atoms with Gasteiger partial charge in [-0.1, -0.05) is 12.1 Å². The van der Waals surface area contributed by atoms with E-state index in [0.717, 1.165) is 25.2 Å². The predicted molar refractivity (Wildman–Crippen MR) is 176 cm³/mol. The molecule has 0 radical (unpaired) electrons. The summed E-state index contributed by atoms with van der Waals surface area (Å²) in [6, 6.07) is 8.89. The lowest BCUT2D eigenvalue weighted by Crippen LogP contribution is -2.63. The molecule has 1 unspecified atom stereocenters. The van der Waals surface area contributed by atoms with E-state index >= 15 is 0 Å². The molecule has 3 aliphatic rings. The lowest BCUT2D eigenvalue weighted by molar-refractivity contribution is -0.122. The maximum absolute atomic E-state index is 14.3. The SMILES string of the molecule is CC1COc2nc(C(=O)NCCN(C)C)c(Cc3ccc(F)cc3)cc2N1C(=O)CN1C[C@@H](C)NC[C@@H]1CN1[C@H](C)COC[C@H]1C. The maximum Gasteiger partial charge on any atom is 0.270 e. The van der Waals surface area contributed by atoms with Crippen molar-refractivity contribution in [1.82, 2.24) is 30.3 Å². The highest BCUT2D eigenvalue weighted by Gasteiger charge is 2.37. The number of hydrogen-bond donors (Lipinski definition) is 2. The molecule has 0 saturated carbocycles. The Morgan fingerprint density at radius 3 is 2.48 bits per heavy atom. The number of rotatable bonds is 10. The Balaban J connectivity index is 1.41. The molecule has 4 heterocycles. The summed E-state index contributed by atoms with van der Waals surface area (Å²) in [5.41, 5.74) is 2.28. The molecule has 0 bridgehead atoms. The van der Waals surface area contributed by atoms with Crippen LogP contribution in [-0.4, -0.2) is 135 Å². The first kappa shape index (κ1) is 34.2. The number of halogens is 1. The average molecular weight is 640 g/mol. The summed E-state index contributed by atoms with van der Waals surface area (Å²) in [6.07, 6.45) is 0.348. The predicted octanol–water partition coefficient (Wildman–Crippen LogP) is 1.99. The van der Waals surface area contributed by atoms with Crippen LogP contribution in [0.25, 0.3) is 0 Å². The van der Waals surface area contributed by atoms with Gasteiger partial charge in [0.1, 0.15) is 23.8 Å². The largest absolute Gasteiger partial charge is 0.474 e. The van der Waals surface area contributed by atoms with Crippen LogP contribution in [0.5, 0.6) is 5.88 Å². The fourth-order valence-electron chi connectivity index (χ4n) is 6.62. The van der Waals surface area contributed by atoms with Crippen molar-refractivity contribution in [2.24, 2.45) is 0 Å². The van der Waals surface area contributed by atoms with Gasteiger partial charge in [-0.3, -0.25) is 19.4 Å². The standard InChI is InChI=1S/C34H50FN7O4/c1-22-16-40(29(15-37-22)17-41-23(2)19-45-20-24(41)3)18-31(43)42-25(4)21-46-34-30(42)14-27(13-26-7-9-28(35)10-8-26)32(38-34)33(44)36-11-12-39(5)6/h7-10,14,22-25,29,37H,11-13,15-21H2,1-6H3,(H,36,44)/t22-,23-,24-,25?,29-/m1/s1. The van der Waals surface area contributed by atoms with Crippen LogP contribution in [0.15, 0.2) is 30.3 Å². The number of nitrogens with one attached hydrogen (secondary N) is 2. The van der Waals surface area contributed by atoms with Crippen molar-refractivity contribution in [2.45, 2.75) is 64.3 Å². The highest BCUT2D eigenvalue weighted by Crippen LogP contribution is 2.35. The van der Waals surface area contributed by atoms with Gasteiger partial charge in [-0.05, 0) is 77.5 Å². The monoisotopic (exact) mass is 639 g/mol. The summed E-state index contributed by atoms with van der Waals surface area (Å²) < 4.78 is 25.5. The molecule has 1 aromatic heterocycles. The van der Waals surface area contributed by atoms with E-state index in [1.165, 1.54) is 12.1 Å². The van der Waals surface area contributed by atoms with Crippen molar-refractivity contribution in [2.75, 3.05) is 78.1 Å². The minimum atomic E-state index is -0.328. The number of carbonyl (C=O) groups is 2. The first-order chi connectivity index (χ1) is 22.0. The van der Waals surface area contributed by atoms with Crippen molar-refractivity contribution in [3.63, 3.8) is 0 Å². The zero-order chi connectivity index (χ0) is 33.0. The molecule has 2 amide bonds. The van der Waals surface area contributed by atoms with Gasteiger partial charge in [-0.15, -0.1) is 0 Å². The molecule has 2 N–H and O–H groups in total. The number of hydrogen-bond acceptors (Lipinski definition) is 9. The number of benzene rings is 1. The number of nitrogens with zero attached hydrogens (tertiary/aromatic N) is 5. The molecule has 46 heavy (non-hydrogen) atoms. The molecule has 2 aromatic rings. The average Bonchev–Trinajstić information content (AvgIpc) is 3.00. The van der Waals surface area contributed by atoms with Crippen molar-refractivity contribution >= 4 is 17.5 Å². The molecule has 2 fully saturated rings. The normalized spacial score (nSPS) is 25.7. The van der Waals surface area contributed by atoms with E-state index in [1.54, 1.807) is 17.0 Å². The quantitative estimate of drug-likeness (QED) is 0.404. The molecular formula is C34H50FN7O4. The van der Waals surface area contributed by atoms with Gasteiger partial charge in [-0.25, -0.2) is 9.37 Å². The number of pyridine rings is 1. The van der Waals surface area contributed by atoms with Crippen LogP contribution >= 0.6 is 0 Å².